The van der Waals surface area contributed by atoms with E-state index in [0.717, 1.165) is 40.6 Å². The predicted octanol–water partition coefficient (Wildman–Crippen LogP) is 5.21. The fourth-order valence-electron chi connectivity index (χ4n) is 3.97. The van der Waals surface area contributed by atoms with Crippen molar-refractivity contribution in [2.24, 2.45) is 5.92 Å². The minimum absolute atomic E-state index is 0.116. The molecule has 0 atom stereocenters. The molecule has 0 amide bonds. The van der Waals surface area contributed by atoms with Gasteiger partial charge in [0.25, 0.3) is 0 Å². The number of alkyl halides is 2. The molecular weight excluding hydrogens is 440 g/mol. The number of nitrogens with zero attached hydrogens (tertiary/aromatic N) is 6. The Morgan fingerprint density at radius 1 is 1.06 bits per heavy atom. The molecule has 4 aromatic rings. The molecule has 1 fully saturated rings. The highest BCUT2D eigenvalue weighted by Gasteiger charge is 2.26. The second-order valence-electron chi connectivity index (χ2n) is 8.58. The van der Waals surface area contributed by atoms with Crippen molar-refractivity contribution in [3.63, 3.8) is 0 Å². The summed E-state index contributed by atoms with van der Waals surface area (Å²) in [7, 11) is 0. The van der Waals surface area contributed by atoms with Crippen LogP contribution in [0, 0.1) is 26.7 Å². The lowest BCUT2D eigenvalue weighted by Crippen LogP contribution is -2.09. The highest BCUT2D eigenvalue weighted by Crippen LogP contribution is 2.36. The highest BCUT2D eigenvalue weighted by atomic mass is 19.3. The monoisotopic (exact) mass is 465 g/mol. The van der Waals surface area contributed by atoms with Gasteiger partial charge in [0, 0.05) is 29.4 Å². The van der Waals surface area contributed by atoms with Crippen LogP contribution in [0.25, 0.3) is 17.1 Å². The average Bonchev–Trinajstić information content (AvgIpc) is 3.49. The van der Waals surface area contributed by atoms with Gasteiger partial charge in [0.2, 0.25) is 0 Å². The van der Waals surface area contributed by atoms with Gasteiger partial charge < -0.3 is 10.1 Å². The van der Waals surface area contributed by atoms with E-state index in [-0.39, 0.29) is 5.75 Å². The van der Waals surface area contributed by atoms with Crippen molar-refractivity contribution in [2.75, 3.05) is 5.32 Å². The summed E-state index contributed by atoms with van der Waals surface area (Å²) in [6.45, 7) is 3.85. The number of hydrogen-bond acceptors (Lipinski definition) is 6. The van der Waals surface area contributed by atoms with Gasteiger partial charge in [0.05, 0.1) is 11.4 Å². The number of rotatable bonds is 8. The number of benzene rings is 1. The molecule has 5 rings (SSSR count). The number of anilines is 2. The molecule has 10 heteroatoms. The van der Waals surface area contributed by atoms with Crippen molar-refractivity contribution in [2.45, 2.75) is 46.8 Å². The van der Waals surface area contributed by atoms with Crippen LogP contribution < -0.4 is 10.1 Å². The third-order valence-electron chi connectivity index (χ3n) is 5.80. The molecule has 3 heterocycles. The van der Waals surface area contributed by atoms with Crippen LogP contribution in [-0.2, 0) is 6.54 Å². The lowest BCUT2D eigenvalue weighted by molar-refractivity contribution is -0.0498. The SMILES string of the molecule is Cc1cc(C)n(-c2cc(Nc3c(C)c(-c4ccc(OC(F)F)cc4)nn3CC3CC3)ncn2)n1. The molecule has 1 N–H and O–H groups in total. The summed E-state index contributed by atoms with van der Waals surface area (Å²) in [5.41, 5.74) is 4.44. The Balaban J connectivity index is 1.47. The molecule has 8 nitrogen and oxygen atoms in total. The zero-order valence-electron chi connectivity index (χ0n) is 19.2. The van der Waals surface area contributed by atoms with Crippen LogP contribution in [0.4, 0.5) is 20.4 Å². The summed E-state index contributed by atoms with van der Waals surface area (Å²) in [4.78, 5) is 8.77. The molecule has 0 radical (unpaired) electrons. The van der Waals surface area contributed by atoms with Crippen LogP contribution in [0.1, 0.15) is 29.8 Å². The van der Waals surface area contributed by atoms with Gasteiger partial charge in [-0.05, 0) is 69.9 Å². The van der Waals surface area contributed by atoms with Gasteiger partial charge in [-0.3, -0.25) is 0 Å². The number of aryl methyl sites for hydroxylation is 2. The molecule has 1 aliphatic carbocycles. The summed E-state index contributed by atoms with van der Waals surface area (Å²) < 4.78 is 33.2. The van der Waals surface area contributed by atoms with Crippen LogP contribution in [0.3, 0.4) is 0 Å². The number of halogens is 2. The Labute approximate surface area is 195 Å². The van der Waals surface area contributed by atoms with Crippen molar-refractivity contribution in [1.82, 2.24) is 29.5 Å². The first-order valence-corrected chi connectivity index (χ1v) is 11.1. The molecule has 1 saturated carbocycles. The molecule has 3 aromatic heterocycles. The number of nitrogens with one attached hydrogen (secondary N) is 1. The maximum Gasteiger partial charge on any atom is 0.387 e. The Morgan fingerprint density at radius 2 is 1.82 bits per heavy atom. The minimum atomic E-state index is -2.85. The fourth-order valence-corrected chi connectivity index (χ4v) is 3.97. The Morgan fingerprint density at radius 3 is 2.47 bits per heavy atom. The Bertz CT molecular complexity index is 1310. The summed E-state index contributed by atoms with van der Waals surface area (Å²) in [5, 5.41) is 12.8. The normalized spacial score (nSPS) is 13.5. The summed E-state index contributed by atoms with van der Waals surface area (Å²) in [6.07, 6.45) is 3.87. The fraction of sp³-hybridized carbons (Fsp3) is 0.333. The van der Waals surface area contributed by atoms with Gasteiger partial charge >= 0.3 is 6.61 Å². The smallest absolute Gasteiger partial charge is 0.387 e. The topological polar surface area (TPSA) is 82.7 Å². The van der Waals surface area contributed by atoms with E-state index in [4.69, 9.17) is 5.10 Å². The molecule has 0 unspecified atom stereocenters. The van der Waals surface area contributed by atoms with Crippen molar-refractivity contribution in [3.05, 3.63) is 59.7 Å². The van der Waals surface area contributed by atoms with Crippen LogP contribution >= 0.6 is 0 Å². The van der Waals surface area contributed by atoms with E-state index >= 15 is 0 Å². The van der Waals surface area contributed by atoms with Crippen molar-refractivity contribution >= 4 is 11.6 Å². The van der Waals surface area contributed by atoms with Gasteiger partial charge in [0.1, 0.15) is 23.7 Å². The second kappa shape index (κ2) is 8.85. The molecule has 34 heavy (non-hydrogen) atoms. The minimum Gasteiger partial charge on any atom is -0.435 e. The van der Waals surface area contributed by atoms with Crippen LogP contribution in [0.2, 0.25) is 0 Å². The van der Waals surface area contributed by atoms with Crippen molar-refractivity contribution in [1.29, 1.82) is 0 Å². The summed E-state index contributed by atoms with van der Waals surface area (Å²) in [5.74, 6) is 2.86. The average molecular weight is 466 g/mol. The van der Waals surface area contributed by atoms with E-state index in [9.17, 15) is 8.78 Å². The summed E-state index contributed by atoms with van der Waals surface area (Å²) in [6, 6.07) is 10.4. The first-order valence-electron chi connectivity index (χ1n) is 11.1. The summed E-state index contributed by atoms with van der Waals surface area (Å²) >= 11 is 0. The maximum absolute atomic E-state index is 12.5. The largest absolute Gasteiger partial charge is 0.435 e. The van der Waals surface area contributed by atoms with Crippen LogP contribution in [-0.4, -0.2) is 36.1 Å². The first kappa shape index (κ1) is 22.0. The number of aromatic nitrogens is 6. The molecule has 1 aromatic carbocycles. The first-order chi connectivity index (χ1) is 16.4. The Kier molecular flexibility index (Phi) is 5.72. The molecule has 0 spiro atoms. The van der Waals surface area contributed by atoms with Crippen LogP contribution in [0.5, 0.6) is 5.75 Å². The van der Waals surface area contributed by atoms with Gasteiger partial charge in [0.15, 0.2) is 5.82 Å². The highest BCUT2D eigenvalue weighted by molar-refractivity contribution is 5.71. The second-order valence-corrected chi connectivity index (χ2v) is 8.58. The molecule has 0 bridgehead atoms. The lowest BCUT2D eigenvalue weighted by Gasteiger charge is -2.11. The third-order valence-corrected chi connectivity index (χ3v) is 5.80. The number of ether oxygens (including phenoxy) is 1. The van der Waals surface area contributed by atoms with Crippen LogP contribution in [0.15, 0.2) is 42.7 Å². The zero-order valence-corrected chi connectivity index (χ0v) is 19.2. The van der Waals surface area contributed by atoms with E-state index in [2.05, 4.69) is 25.1 Å². The van der Waals surface area contributed by atoms with E-state index in [1.54, 1.807) is 16.8 Å². The number of hydrogen-bond donors (Lipinski definition) is 1. The van der Waals surface area contributed by atoms with Gasteiger partial charge in [-0.1, -0.05) is 0 Å². The van der Waals surface area contributed by atoms with Crippen molar-refractivity contribution < 1.29 is 13.5 Å². The zero-order chi connectivity index (χ0) is 23.8. The molecule has 0 aliphatic heterocycles. The van der Waals surface area contributed by atoms with Gasteiger partial charge in [-0.25, -0.2) is 19.3 Å². The molecule has 176 valence electrons. The predicted molar refractivity (Wildman–Crippen MR) is 124 cm³/mol. The standard InChI is InChI=1S/C24H25F2N7O/c1-14-10-15(2)33(30-14)21-11-20(27-13-28-21)29-23-16(3)22(31-32(23)12-17-4-5-17)18-6-8-19(9-7-18)34-24(25)26/h6-11,13,17,24H,4-5,12H2,1-3H3,(H,27,28,29). The van der Waals surface area contributed by atoms with E-state index in [0.29, 0.717) is 17.6 Å². The van der Waals surface area contributed by atoms with E-state index < -0.39 is 6.61 Å². The quantitative estimate of drug-likeness (QED) is 0.385. The Hall–Kier alpha value is -3.82. The molecule has 1 aliphatic rings. The van der Waals surface area contributed by atoms with E-state index in [1.807, 2.05) is 37.6 Å². The third kappa shape index (κ3) is 4.61. The maximum atomic E-state index is 12.5. The van der Waals surface area contributed by atoms with Gasteiger partial charge in [-0.2, -0.15) is 19.0 Å². The van der Waals surface area contributed by atoms with Crippen molar-refractivity contribution in [3.8, 4) is 22.8 Å². The van der Waals surface area contributed by atoms with Gasteiger partial charge in [-0.15, -0.1) is 0 Å². The molecule has 0 saturated heterocycles. The van der Waals surface area contributed by atoms with E-state index in [1.165, 1.54) is 31.3 Å². The lowest BCUT2D eigenvalue weighted by atomic mass is 10.1. The molecular formula is C24H25F2N7O.